The van der Waals surface area contributed by atoms with E-state index in [1.54, 1.807) is 14.0 Å². The monoisotopic (exact) mass is 427 g/mol. The molecule has 2 aliphatic rings. The summed E-state index contributed by atoms with van der Waals surface area (Å²) in [7, 11) is 1.66. The van der Waals surface area contributed by atoms with Gasteiger partial charge in [-0.15, -0.1) is 0 Å². The van der Waals surface area contributed by atoms with E-state index in [4.69, 9.17) is 9.47 Å². The van der Waals surface area contributed by atoms with Gasteiger partial charge in [-0.05, 0) is 31.9 Å². The summed E-state index contributed by atoms with van der Waals surface area (Å²) in [5, 5.41) is 0. The highest BCUT2D eigenvalue weighted by molar-refractivity contribution is 5.79. The van der Waals surface area contributed by atoms with E-state index in [0.717, 1.165) is 37.4 Å². The predicted molar refractivity (Wildman–Crippen MR) is 120 cm³/mol. The SMILES string of the molecule is CCOC(=O)[C@@H]1CCCN(c2c(N3CCN(c4ccccc4OC)CC3)c(=O)c2=O)C1. The summed E-state index contributed by atoms with van der Waals surface area (Å²) in [4.78, 5) is 43.3. The van der Waals surface area contributed by atoms with Crippen LogP contribution in [0.1, 0.15) is 19.8 Å². The van der Waals surface area contributed by atoms with Crippen LogP contribution in [0.15, 0.2) is 33.9 Å². The maximum Gasteiger partial charge on any atom is 0.310 e. The molecule has 2 aromatic carbocycles. The number of piperidine rings is 1. The van der Waals surface area contributed by atoms with Crippen LogP contribution in [0, 0.1) is 5.92 Å². The van der Waals surface area contributed by atoms with Crippen molar-refractivity contribution in [2.75, 3.05) is 67.7 Å². The van der Waals surface area contributed by atoms with Crippen LogP contribution in [-0.4, -0.2) is 59.0 Å². The molecule has 2 aromatic rings. The number of carbonyl (C=O) groups excluding carboxylic acids is 1. The van der Waals surface area contributed by atoms with Crippen LogP contribution in [0.3, 0.4) is 0 Å². The highest BCUT2D eigenvalue weighted by Crippen LogP contribution is 2.32. The Bertz CT molecular complexity index is 1010. The zero-order valence-corrected chi connectivity index (χ0v) is 18.1. The molecule has 2 saturated heterocycles. The molecule has 0 spiro atoms. The van der Waals surface area contributed by atoms with Crippen molar-refractivity contribution in [3.8, 4) is 5.75 Å². The summed E-state index contributed by atoms with van der Waals surface area (Å²) in [6, 6.07) is 7.89. The third-order valence-corrected chi connectivity index (χ3v) is 6.24. The van der Waals surface area contributed by atoms with Crippen LogP contribution in [0.25, 0.3) is 0 Å². The van der Waals surface area contributed by atoms with Crippen molar-refractivity contribution in [3.63, 3.8) is 0 Å². The zero-order chi connectivity index (χ0) is 22.0. The van der Waals surface area contributed by atoms with Crippen molar-refractivity contribution in [1.82, 2.24) is 0 Å². The standard InChI is InChI=1S/C23H29N3O5/c1-3-31-23(29)16-7-6-10-26(15-16)20-19(21(27)22(20)28)25-13-11-24(12-14-25)17-8-4-5-9-18(17)30-2/h4-5,8-9,16H,3,6-7,10-15H2,1-2H3/t16-/m1/s1. The van der Waals surface area contributed by atoms with E-state index >= 15 is 0 Å². The molecular weight excluding hydrogens is 398 g/mol. The van der Waals surface area contributed by atoms with Gasteiger partial charge in [0.05, 0.1) is 25.3 Å². The second-order valence-corrected chi connectivity index (χ2v) is 8.04. The molecule has 166 valence electrons. The van der Waals surface area contributed by atoms with Crippen LogP contribution in [0.5, 0.6) is 5.75 Å². The molecule has 0 aliphatic carbocycles. The molecule has 8 nitrogen and oxygen atoms in total. The Morgan fingerprint density at radius 3 is 2.29 bits per heavy atom. The minimum atomic E-state index is -0.438. The fourth-order valence-corrected chi connectivity index (χ4v) is 4.65. The summed E-state index contributed by atoms with van der Waals surface area (Å²) >= 11 is 0. The first-order valence-corrected chi connectivity index (χ1v) is 10.9. The molecule has 2 heterocycles. The lowest BCUT2D eigenvalue weighted by atomic mass is 9.96. The number of anilines is 3. The molecule has 0 aromatic heterocycles. The lowest BCUT2D eigenvalue weighted by Gasteiger charge is -2.41. The van der Waals surface area contributed by atoms with Gasteiger partial charge in [0.25, 0.3) is 10.9 Å². The first kappa shape index (κ1) is 21.2. The molecule has 2 fully saturated rings. The number of nitrogens with zero attached hydrogens (tertiary/aromatic N) is 3. The Kier molecular flexibility index (Phi) is 6.15. The maximum atomic E-state index is 12.5. The van der Waals surface area contributed by atoms with Crippen LogP contribution in [-0.2, 0) is 9.53 Å². The normalized spacial score (nSPS) is 19.5. The summed E-state index contributed by atoms with van der Waals surface area (Å²) < 4.78 is 10.6. The van der Waals surface area contributed by atoms with Crippen molar-refractivity contribution >= 4 is 23.0 Å². The predicted octanol–water partition coefficient (Wildman–Crippen LogP) is 1.40. The minimum Gasteiger partial charge on any atom is -0.495 e. The molecule has 2 aliphatic heterocycles. The molecule has 0 unspecified atom stereocenters. The molecule has 0 saturated carbocycles. The topological polar surface area (TPSA) is 79.4 Å². The van der Waals surface area contributed by atoms with Gasteiger partial charge in [0, 0.05) is 39.3 Å². The smallest absolute Gasteiger partial charge is 0.310 e. The largest absolute Gasteiger partial charge is 0.495 e. The second kappa shape index (κ2) is 8.99. The molecule has 0 bridgehead atoms. The van der Waals surface area contributed by atoms with Gasteiger partial charge in [0.15, 0.2) is 0 Å². The Balaban J connectivity index is 1.47. The zero-order valence-electron chi connectivity index (χ0n) is 18.1. The van der Waals surface area contributed by atoms with Crippen LogP contribution in [0.2, 0.25) is 0 Å². The van der Waals surface area contributed by atoms with E-state index in [2.05, 4.69) is 4.90 Å². The quantitative estimate of drug-likeness (QED) is 0.506. The number of carbonyl (C=O) groups is 1. The summed E-state index contributed by atoms with van der Waals surface area (Å²) in [5.41, 5.74) is 1.16. The first-order valence-electron chi connectivity index (χ1n) is 10.9. The number of esters is 1. The molecule has 1 atom stereocenters. The molecule has 0 amide bonds. The van der Waals surface area contributed by atoms with Crippen molar-refractivity contribution in [2.24, 2.45) is 5.92 Å². The van der Waals surface area contributed by atoms with Gasteiger partial charge in [0.2, 0.25) is 0 Å². The number of para-hydroxylation sites is 2. The van der Waals surface area contributed by atoms with E-state index in [-0.39, 0.29) is 11.9 Å². The number of ether oxygens (including phenoxy) is 2. The number of piperazine rings is 1. The van der Waals surface area contributed by atoms with Gasteiger partial charge >= 0.3 is 5.97 Å². The summed E-state index contributed by atoms with van der Waals surface area (Å²) in [6.07, 6.45) is 1.54. The van der Waals surface area contributed by atoms with E-state index < -0.39 is 10.9 Å². The number of rotatable bonds is 6. The van der Waals surface area contributed by atoms with Gasteiger partial charge in [-0.1, -0.05) is 12.1 Å². The van der Waals surface area contributed by atoms with Crippen molar-refractivity contribution < 1.29 is 14.3 Å². The lowest BCUT2D eigenvalue weighted by molar-refractivity contribution is -0.148. The van der Waals surface area contributed by atoms with Crippen LogP contribution in [0.4, 0.5) is 17.1 Å². The number of hydrogen-bond acceptors (Lipinski definition) is 8. The van der Waals surface area contributed by atoms with Crippen molar-refractivity contribution in [1.29, 1.82) is 0 Å². The van der Waals surface area contributed by atoms with E-state index in [1.165, 1.54) is 0 Å². The highest BCUT2D eigenvalue weighted by Gasteiger charge is 2.35. The Hall–Kier alpha value is -3.03. The average Bonchev–Trinajstić information content (AvgIpc) is 2.82. The number of benzene rings is 1. The van der Waals surface area contributed by atoms with Crippen LogP contribution < -0.4 is 30.3 Å². The van der Waals surface area contributed by atoms with E-state index in [0.29, 0.717) is 44.2 Å². The molecule has 8 heteroatoms. The molecule has 0 radical (unpaired) electrons. The van der Waals surface area contributed by atoms with Crippen LogP contribution >= 0.6 is 0 Å². The fraction of sp³-hybridized carbons (Fsp3) is 0.522. The van der Waals surface area contributed by atoms with Gasteiger partial charge in [-0.3, -0.25) is 14.4 Å². The molecule has 0 N–H and O–H groups in total. The number of hydrogen-bond donors (Lipinski definition) is 0. The van der Waals surface area contributed by atoms with E-state index in [1.807, 2.05) is 34.1 Å². The highest BCUT2D eigenvalue weighted by atomic mass is 16.5. The van der Waals surface area contributed by atoms with Gasteiger partial charge in [-0.2, -0.15) is 0 Å². The van der Waals surface area contributed by atoms with Gasteiger partial charge in [-0.25, -0.2) is 0 Å². The summed E-state index contributed by atoms with van der Waals surface area (Å²) in [5.74, 6) is 0.343. The Morgan fingerprint density at radius 2 is 1.61 bits per heavy atom. The van der Waals surface area contributed by atoms with Gasteiger partial charge < -0.3 is 24.2 Å². The van der Waals surface area contributed by atoms with Crippen molar-refractivity contribution in [2.45, 2.75) is 19.8 Å². The molecule has 31 heavy (non-hydrogen) atoms. The first-order chi connectivity index (χ1) is 15.0. The Morgan fingerprint density at radius 1 is 0.968 bits per heavy atom. The van der Waals surface area contributed by atoms with E-state index in [9.17, 15) is 14.4 Å². The van der Waals surface area contributed by atoms with Crippen molar-refractivity contribution in [3.05, 3.63) is 44.7 Å². The minimum absolute atomic E-state index is 0.224. The third-order valence-electron chi connectivity index (χ3n) is 6.24. The van der Waals surface area contributed by atoms with Gasteiger partial charge in [0.1, 0.15) is 17.1 Å². The lowest BCUT2D eigenvalue weighted by Crippen LogP contribution is -2.54. The maximum absolute atomic E-state index is 12.5. The fourth-order valence-electron chi connectivity index (χ4n) is 4.65. The molecule has 4 rings (SSSR count). The summed E-state index contributed by atoms with van der Waals surface area (Å²) in [6.45, 7) is 5.98. The number of methoxy groups -OCH3 is 1. The molecular formula is C23H29N3O5. The Labute approximate surface area is 181 Å². The third kappa shape index (κ3) is 3.98. The average molecular weight is 428 g/mol. The second-order valence-electron chi connectivity index (χ2n) is 8.04.